The Kier molecular flexibility index (Phi) is 7.75. The molecule has 118 valence electrons. The molecule has 0 aromatic heterocycles. The number of aliphatic hydroxyl groups is 1. The van der Waals surface area contributed by atoms with Crippen LogP contribution in [0.15, 0.2) is 23.2 Å². The molecule has 1 atom stereocenters. The number of aryl methyl sites for hydroxylation is 1. The van der Waals surface area contributed by atoms with Crippen molar-refractivity contribution in [2.45, 2.75) is 27.2 Å². The highest BCUT2D eigenvalue weighted by Gasteiger charge is 2.03. The zero-order valence-electron chi connectivity index (χ0n) is 13.1. The molecular weight excluding hydrogens is 269 g/mol. The summed E-state index contributed by atoms with van der Waals surface area (Å²) in [5, 5.41) is 15.4. The molecule has 0 saturated heterocycles. The van der Waals surface area contributed by atoms with Gasteiger partial charge in [-0.05, 0) is 49.4 Å². The number of hydrogen-bond acceptors (Lipinski definition) is 2. The summed E-state index contributed by atoms with van der Waals surface area (Å²) < 4.78 is 13.0. The van der Waals surface area contributed by atoms with E-state index in [0.29, 0.717) is 6.54 Å². The zero-order valence-corrected chi connectivity index (χ0v) is 13.1. The molecule has 4 nitrogen and oxygen atoms in total. The minimum absolute atomic E-state index is 0.137. The van der Waals surface area contributed by atoms with Crippen molar-refractivity contribution in [2.24, 2.45) is 10.9 Å². The smallest absolute Gasteiger partial charge is 0.191 e. The Morgan fingerprint density at radius 3 is 2.76 bits per heavy atom. The summed E-state index contributed by atoms with van der Waals surface area (Å²) in [6, 6.07) is 4.87. The first kappa shape index (κ1) is 17.4. The first-order valence-electron chi connectivity index (χ1n) is 7.44. The number of halogens is 1. The summed E-state index contributed by atoms with van der Waals surface area (Å²) in [4.78, 5) is 4.43. The first-order valence-corrected chi connectivity index (χ1v) is 7.44. The number of aliphatic imine (C=N–C) groups is 1. The van der Waals surface area contributed by atoms with Gasteiger partial charge in [0.05, 0.1) is 0 Å². The maximum absolute atomic E-state index is 13.0. The number of nitrogens with zero attached hydrogens (tertiary/aromatic N) is 1. The number of benzene rings is 1. The van der Waals surface area contributed by atoms with Crippen LogP contribution in [-0.2, 0) is 6.42 Å². The van der Waals surface area contributed by atoms with Crippen LogP contribution in [0.5, 0.6) is 0 Å². The lowest BCUT2D eigenvalue weighted by atomic mass is 10.1. The Balaban J connectivity index is 2.49. The summed E-state index contributed by atoms with van der Waals surface area (Å²) in [5.41, 5.74) is 2.09. The predicted octanol–water partition coefficient (Wildman–Crippen LogP) is 1.86. The van der Waals surface area contributed by atoms with Gasteiger partial charge in [0.1, 0.15) is 5.82 Å². The van der Waals surface area contributed by atoms with Crippen LogP contribution in [0.25, 0.3) is 0 Å². The molecule has 0 amide bonds. The second-order valence-corrected chi connectivity index (χ2v) is 5.25. The van der Waals surface area contributed by atoms with Gasteiger partial charge in [0.15, 0.2) is 5.96 Å². The van der Waals surface area contributed by atoms with E-state index in [4.69, 9.17) is 5.11 Å². The van der Waals surface area contributed by atoms with Crippen LogP contribution in [0.4, 0.5) is 4.39 Å². The molecule has 0 heterocycles. The normalized spacial score (nSPS) is 13.1. The molecule has 0 aliphatic heterocycles. The van der Waals surface area contributed by atoms with Gasteiger partial charge in [-0.3, -0.25) is 4.99 Å². The van der Waals surface area contributed by atoms with Gasteiger partial charge in [0.2, 0.25) is 0 Å². The molecule has 0 aliphatic rings. The lowest BCUT2D eigenvalue weighted by Crippen LogP contribution is -2.38. The molecule has 1 rings (SSSR count). The van der Waals surface area contributed by atoms with Crippen LogP contribution in [0, 0.1) is 18.7 Å². The van der Waals surface area contributed by atoms with Crippen molar-refractivity contribution in [2.75, 3.05) is 26.2 Å². The van der Waals surface area contributed by atoms with E-state index in [1.165, 1.54) is 6.07 Å². The van der Waals surface area contributed by atoms with Crippen molar-refractivity contribution in [1.29, 1.82) is 0 Å². The van der Waals surface area contributed by atoms with E-state index in [1.807, 2.05) is 26.8 Å². The van der Waals surface area contributed by atoms with Crippen LogP contribution in [-0.4, -0.2) is 37.3 Å². The van der Waals surface area contributed by atoms with Crippen molar-refractivity contribution in [1.82, 2.24) is 10.6 Å². The molecule has 0 fully saturated rings. The third-order valence-electron chi connectivity index (χ3n) is 3.21. The molecule has 0 bridgehead atoms. The van der Waals surface area contributed by atoms with E-state index < -0.39 is 0 Å². The monoisotopic (exact) mass is 295 g/mol. The Labute approximate surface area is 126 Å². The summed E-state index contributed by atoms with van der Waals surface area (Å²) in [7, 11) is 0. The van der Waals surface area contributed by atoms with Crippen LogP contribution in [0.3, 0.4) is 0 Å². The minimum Gasteiger partial charge on any atom is -0.396 e. The fourth-order valence-electron chi connectivity index (χ4n) is 1.90. The van der Waals surface area contributed by atoms with E-state index >= 15 is 0 Å². The Morgan fingerprint density at radius 2 is 2.14 bits per heavy atom. The molecule has 5 heteroatoms. The van der Waals surface area contributed by atoms with Crippen LogP contribution in [0.2, 0.25) is 0 Å². The molecule has 1 unspecified atom stereocenters. The summed E-state index contributed by atoms with van der Waals surface area (Å²) >= 11 is 0. The van der Waals surface area contributed by atoms with Gasteiger partial charge >= 0.3 is 0 Å². The van der Waals surface area contributed by atoms with E-state index in [1.54, 1.807) is 6.07 Å². The Hall–Kier alpha value is -1.62. The highest BCUT2D eigenvalue weighted by Crippen LogP contribution is 2.10. The predicted molar refractivity (Wildman–Crippen MR) is 85.1 cm³/mol. The van der Waals surface area contributed by atoms with Crippen LogP contribution < -0.4 is 10.6 Å². The second kappa shape index (κ2) is 9.34. The molecule has 21 heavy (non-hydrogen) atoms. The molecule has 0 aliphatic carbocycles. The first-order chi connectivity index (χ1) is 10.1. The van der Waals surface area contributed by atoms with E-state index in [0.717, 1.165) is 36.6 Å². The topological polar surface area (TPSA) is 56.7 Å². The molecule has 0 radical (unpaired) electrons. The van der Waals surface area contributed by atoms with Crippen molar-refractivity contribution in [3.05, 3.63) is 35.1 Å². The average Bonchev–Trinajstić information content (AvgIpc) is 2.46. The van der Waals surface area contributed by atoms with Crippen LogP contribution in [0.1, 0.15) is 25.0 Å². The van der Waals surface area contributed by atoms with Crippen LogP contribution >= 0.6 is 0 Å². The lowest BCUT2D eigenvalue weighted by Gasteiger charge is -2.13. The minimum atomic E-state index is -0.197. The molecule has 0 spiro atoms. The van der Waals surface area contributed by atoms with Gasteiger partial charge < -0.3 is 15.7 Å². The largest absolute Gasteiger partial charge is 0.396 e. The van der Waals surface area contributed by atoms with Crippen molar-refractivity contribution >= 4 is 5.96 Å². The standard InChI is InChI=1S/C16H26FN3O/c1-4-18-16(20-10-12(2)11-21)19-8-7-14-5-6-15(17)9-13(14)3/h5-6,9,12,21H,4,7-8,10-11H2,1-3H3,(H2,18,19,20). The van der Waals surface area contributed by atoms with Gasteiger partial charge in [-0.1, -0.05) is 13.0 Å². The van der Waals surface area contributed by atoms with Crippen molar-refractivity contribution in [3.63, 3.8) is 0 Å². The third-order valence-corrected chi connectivity index (χ3v) is 3.21. The van der Waals surface area contributed by atoms with Crippen molar-refractivity contribution in [3.8, 4) is 0 Å². The van der Waals surface area contributed by atoms with Gasteiger partial charge in [-0.15, -0.1) is 0 Å². The van der Waals surface area contributed by atoms with Gasteiger partial charge in [0.25, 0.3) is 0 Å². The molecule has 0 saturated carbocycles. The highest BCUT2D eigenvalue weighted by atomic mass is 19.1. The number of rotatable bonds is 7. The average molecular weight is 295 g/mol. The fraction of sp³-hybridized carbons (Fsp3) is 0.562. The lowest BCUT2D eigenvalue weighted by molar-refractivity contribution is 0.241. The zero-order chi connectivity index (χ0) is 15.7. The third kappa shape index (κ3) is 6.58. The van der Waals surface area contributed by atoms with Gasteiger partial charge in [-0.2, -0.15) is 0 Å². The van der Waals surface area contributed by atoms with E-state index in [2.05, 4.69) is 15.6 Å². The fourth-order valence-corrected chi connectivity index (χ4v) is 1.90. The van der Waals surface area contributed by atoms with Gasteiger partial charge in [-0.25, -0.2) is 4.39 Å². The molecular formula is C16H26FN3O. The summed E-state index contributed by atoms with van der Waals surface area (Å²) in [6.07, 6.45) is 0.812. The molecule has 1 aromatic rings. The summed E-state index contributed by atoms with van der Waals surface area (Å²) in [6.45, 7) is 8.12. The molecule has 3 N–H and O–H groups in total. The van der Waals surface area contributed by atoms with Crippen molar-refractivity contribution < 1.29 is 9.50 Å². The van der Waals surface area contributed by atoms with E-state index in [-0.39, 0.29) is 18.3 Å². The Morgan fingerprint density at radius 1 is 1.38 bits per heavy atom. The second-order valence-electron chi connectivity index (χ2n) is 5.25. The number of aliphatic hydroxyl groups excluding tert-OH is 1. The number of hydrogen-bond donors (Lipinski definition) is 3. The number of nitrogens with one attached hydrogen (secondary N) is 2. The maximum Gasteiger partial charge on any atom is 0.191 e. The highest BCUT2D eigenvalue weighted by molar-refractivity contribution is 5.79. The maximum atomic E-state index is 13.0. The van der Waals surface area contributed by atoms with Gasteiger partial charge in [0, 0.05) is 26.2 Å². The quantitative estimate of drug-likeness (QED) is 0.531. The Bertz CT molecular complexity index is 463. The molecule has 1 aromatic carbocycles. The summed E-state index contributed by atoms with van der Waals surface area (Å²) in [5.74, 6) is 0.703. The van der Waals surface area contributed by atoms with E-state index in [9.17, 15) is 4.39 Å². The SMILES string of the molecule is CCNC(=NCC(C)CO)NCCc1ccc(F)cc1C. The number of guanidine groups is 1.